The van der Waals surface area contributed by atoms with Crippen molar-refractivity contribution >= 4 is 13.2 Å². The molecular weight excluding hydrogens is 358 g/mol. The Bertz CT molecular complexity index is 811. The van der Waals surface area contributed by atoms with Crippen molar-refractivity contribution in [3.63, 3.8) is 0 Å². The van der Waals surface area contributed by atoms with Gasteiger partial charge in [0.25, 0.3) is 0 Å². The van der Waals surface area contributed by atoms with Crippen LogP contribution in [0.2, 0.25) is 0 Å². The van der Waals surface area contributed by atoms with E-state index in [-0.39, 0.29) is 5.92 Å². The van der Waals surface area contributed by atoms with Crippen LogP contribution in [0.1, 0.15) is 78.0 Å². The number of nitrogens with zero attached hydrogens (tertiary/aromatic N) is 1. The summed E-state index contributed by atoms with van der Waals surface area (Å²) in [5.41, 5.74) is 0.548. The molecule has 5 nitrogen and oxygen atoms in total. The molecule has 1 unspecified atom stereocenters. The first-order chi connectivity index (χ1) is 13.2. The normalized spacial score (nSPS) is 20.0. The quantitative estimate of drug-likeness (QED) is 0.600. The van der Waals surface area contributed by atoms with Crippen LogP contribution in [-0.4, -0.2) is 28.5 Å². The molecule has 2 aromatic rings. The van der Waals surface area contributed by atoms with Crippen molar-refractivity contribution in [3.8, 4) is 11.5 Å². The van der Waals surface area contributed by atoms with E-state index in [0.717, 1.165) is 25.0 Å². The molecule has 152 valence electrons. The number of rotatable bonds is 7. The van der Waals surface area contributed by atoms with Gasteiger partial charge in [0.15, 0.2) is 5.76 Å². The summed E-state index contributed by atoms with van der Waals surface area (Å²) in [5.74, 6) is 0.861. The fraction of sp³-hybridized carbons (Fsp3) is 0.571. The van der Waals surface area contributed by atoms with Gasteiger partial charge in [0, 0.05) is 17.2 Å². The number of aromatic nitrogens is 2. The average Bonchev–Trinajstić information content (AvgIpc) is 3.32. The third-order valence-corrected chi connectivity index (χ3v) is 5.89. The van der Waals surface area contributed by atoms with Gasteiger partial charge in [0.05, 0.1) is 17.5 Å². The highest BCUT2D eigenvalue weighted by Crippen LogP contribution is 2.40. The van der Waals surface area contributed by atoms with Crippen molar-refractivity contribution in [1.29, 1.82) is 0 Å². The fourth-order valence-electron chi connectivity index (χ4n) is 3.49. The lowest BCUT2D eigenvalue weighted by Gasteiger charge is -2.32. The van der Waals surface area contributed by atoms with E-state index in [9.17, 15) is 0 Å². The van der Waals surface area contributed by atoms with Gasteiger partial charge in [-0.05, 0) is 58.7 Å². The maximum Gasteiger partial charge on any atom is 0.525 e. The maximum absolute atomic E-state index is 15.3. The summed E-state index contributed by atoms with van der Waals surface area (Å²) < 4.78 is 32.5. The van der Waals surface area contributed by atoms with E-state index < -0.39 is 24.0 Å². The monoisotopic (exact) mass is 388 g/mol. The molecule has 3 rings (SSSR count). The third-order valence-electron chi connectivity index (χ3n) is 5.89. The second-order valence-electron chi connectivity index (χ2n) is 8.39. The molecule has 0 bridgehead atoms. The maximum atomic E-state index is 15.3. The van der Waals surface area contributed by atoms with E-state index in [4.69, 9.17) is 13.7 Å². The van der Waals surface area contributed by atoms with E-state index >= 15 is 4.39 Å². The Morgan fingerprint density at radius 2 is 1.93 bits per heavy atom. The van der Waals surface area contributed by atoms with E-state index in [0.29, 0.717) is 17.0 Å². The van der Waals surface area contributed by atoms with Crippen molar-refractivity contribution in [3.05, 3.63) is 35.4 Å². The van der Waals surface area contributed by atoms with Crippen LogP contribution in [0.3, 0.4) is 0 Å². The summed E-state index contributed by atoms with van der Waals surface area (Å²) in [6.45, 7) is 11.9. The van der Waals surface area contributed by atoms with Crippen LogP contribution >= 0.6 is 0 Å². The Morgan fingerprint density at radius 1 is 1.25 bits per heavy atom. The zero-order valence-corrected chi connectivity index (χ0v) is 17.6. The number of hydrogen-bond acceptors (Lipinski definition) is 4. The number of aromatic amines is 1. The molecule has 1 aliphatic rings. The van der Waals surface area contributed by atoms with Crippen molar-refractivity contribution in [2.45, 2.75) is 77.9 Å². The van der Waals surface area contributed by atoms with Gasteiger partial charge in [-0.3, -0.25) is 5.10 Å². The SMILES string of the molecule is CCCC(CC)c1[nH]nc(-c2ccco2)c1C=C(F)B1OC(C)(C)C(C)(C)O1. The molecule has 0 amide bonds. The molecule has 3 heterocycles. The van der Waals surface area contributed by atoms with Crippen LogP contribution in [0.25, 0.3) is 17.5 Å². The molecule has 0 saturated carbocycles. The van der Waals surface area contributed by atoms with E-state index in [1.54, 1.807) is 12.3 Å². The van der Waals surface area contributed by atoms with Gasteiger partial charge in [-0.15, -0.1) is 0 Å². The molecule has 1 aliphatic heterocycles. The molecule has 28 heavy (non-hydrogen) atoms. The first-order valence-corrected chi connectivity index (χ1v) is 10.0. The molecule has 1 atom stereocenters. The minimum Gasteiger partial charge on any atom is -0.463 e. The number of furan rings is 1. The highest BCUT2D eigenvalue weighted by molar-refractivity contribution is 6.54. The Balaban J connectivity index is 2.02. The first kappa shape index (κ1) is 20.9. The summed E-state index contributed by atoms with van der Waals surface area (Å²) in [6, 6.07) is 3.62. The number of nitrogens with one attached hydrogen (secondary N) is 1. The van der Waals surface area contributed by atoms with E-state index in [1.165, 1.54) is 6.08 Å². The predicted octanol–water partition coefficient (Wildman–Crippen LogP) is 5.91. The molecule has 0 spiro atoms. The van der Waals surface area contributed by atoms with Crippen molar-refractivity contribution in [2.75, 3.05) is 0 Å². The summed E-state index contributed by atoms with van der Waals surface area (Å²) >= 11 is 0. The van der Waals surface area contributed by atoms with Crippen LogP contribution in [-0.2, 0) is 9.31 Å². The van der Waals surface area contributed by atoms with Gasteiger partial charge < -0.3 is 13.7 Å². The molecule has 1 saturated heterocycles. The van der Waals surface area contributed by atoms with Gasteiger partial charge in [-0.25, -0.2) is 4.39 Å². The highest BCUT2D eigenvalue weighted by atomic mass is 19.1. The van der Waals surface area contributed by atoms with Crippen molar-refractivity contribution in [1.82, 2.24) is 10.2 Å². The Kier molecular flexibility index (Phi) is 5.87. The van der Waals surface area contributed by atoms with Crippen LogP contribution < -0.4 is 0 Å². The Morgan fingerprint density at radius 3 is 2.46 bits per heavy atom. The number of halogens is 1. The topological polar surface area (TPSA) is 60.3 Å². The van der Waals surface area contributed by atoms with Crippen LogP contribution in [0.5, 0.6) is 0 Å². The number of H-pyrrole nitrogens is 1. The smallest absolute Gasteiger partial charge is 0.463 e. The lowest BCUT2D eigenvalue weighted by Crippen LogP contribution is -2.41. The zero-order chi connectivity index (χ0) is 20.5. The van der Waals surface area contributed by atoms with Crippen molar-refractivity contribution < 1.29 is 18.1 Å². The lowest BCUT2D eigenvalue weighted by atomic mass is 9.85. The fourth-order valence-corrected chi connectivity index (χ4v) is 3.49. The third kappa shape index (κ3) is 3.83. The average molecular weight is 388 g/mol. The van der Waals surface area contributed by atoms with Gasteiger partial charge in [0.1, 0.15) is 11.4 Å². The molecule has 1 fully saturated rings. The Hall–Kier alpha value is -1.86. The largest absolute Gasteiger partial charge is 0.525 e. The molecule has 7 heteroatoms. The van der Waals surface area contributed by atoms with Crippen LogP contribution in [0.4, 0.5) is 4.39 Å². The molecule has 0 aromatic carbocycles. The summed E-state index contributed by atoms with van der Waals surface area (Å²) in [5, 5.41) is 7.56. The highest BCUT2D eigenvalue weighted by Gasteiger charge is 2.53. The molecule has 2 aromatic heterocycles. The van der Waals surface area contributed by atoms with Gasteiger partial charge >= 0.3 is 7.12 Å². The second kappa shape index (κ2) is 7.87. The zero-order valence-electron chi connectivity index (χ0n) is 17.6. The predicted molar refractivity (Wildman–Crippen MR) is 109 cm³/mol. The van der Waals surface area contributed by atoms with Gasteiger partial charge in [-0.2, -0.15) is 5.10 Å². The Labute approximate surface area is 166 Å². The van der Waals surface area contributed by atoms with Gasteiger partial charge in [-0.1, -0.05) is 20.3 Å². The second-order valence-corrected chi connectivity index (χ2v) is 8.39. The summed E-state index contributed by atoms with van der Waals surface area (Å²) in [7, 11) is -1.04. The first-order valence-electron chi connectivity index (χ1n) is 10.0. The molecule has 0 radical (unpaired) electrons. The van der Waals surface area contributed by atoms with Gasteiger partial charge in [0.2, 0.25) is 0 Å². The minimum absolute atomic E-state index is 0.263. The van der Waals surface area contributed by atoms with Crippen LogP contribution in [0.15, 0.2) is 28.5 Å². The molecule has 0 aliphatic carbocycles. The summed E-state index contributed by atoms with van der Waals surface area (Å²) in [4.78, 5) is 0. The van der Waals surface area contributed by atoms with Crippen molar-refractivity contribution in [2.24, 2.45) is 0 Å². The molecular formula is C21H30BFN2O3. The van der Waals surface area contributed by atoms with E-state index in [2.05, 4.69) is 24.0 Å². The van der Waals surface area contributed by atoms with Crippen LogP contribution in [0, 0.1) is 0 Å². The molecule has 1 N–H and O–H groups in total. The van der Waals surface area contributed by atoms with E-state index in [1.807, 2.05) is 33.8 Å². The number of hydrogen-bond donors (Lipinski definition) is 1. The standard InChI is InChI=1S/C21H30BFN2O3/c1-7-10-14(8-2)18-15(19(25-24-18)16-11-9-12-26-16)13-17(23)22-27-20(3,4)21(5,6)28-22/h9,11-14H,7-8,10H2,1-6H3,(H,24,25). The summed E-state index contributed by atoms with van der Waals surface area (Å²) in [6.07, 6.45) is 6.04. The minimum atomic E-state index is -1.04. The lowest BCUT2D eigenvalue weighted by molar-refractivity contribution is 0.00578.